The number of hydrogen-bond acceptors (Lipinski definition) is 6. The van der Waals surface area contributed by atoms with Gasteiger partial charge in [0.05, 0.1) is 0 Å². The maximum Gasteiger partial charge on any atom is 0.306 e. The Bertz CT molecular complexity index is 721. The monoisotopic (exact) mass is 681 g/mol. The Kier molecular flexibility index (Phi) is 35.5. The van der Waals surface area contributed by atoms with E-state index in [9.17, 15) is 14.4 Å². The fraction of sp³-hybridized carbons (Fsp3) is 0.929. The molecule has 0 saturated carbocycles. The Labute approximate surface area is 298 Å². The molecule has 0 rings (SSSR count). The van der Waals surface area contributed by atoms with Gasteiger partial charge in [-0.25, -0.2) is 0 Å². The molecule has 0 aromatic rings. The van der Waals surface area contributed by atoms with Gasteiger partial charge in [-0.15, -0.1) is 0 Å². The van der Waals surface area contributed by atoms with Crippen molar-refractivity contribution >= 4 is 17.9 Å². The summed E-state index contributed by atoms with van der Waals surface area (Å²) in [6, 6.07) is 0. The highest BCUT2D eigenvalue weighted by Gasteiger charge is 2.19. The molecule has 0 saturated heterocycles. The molecule has 0 amide bonds. The molecule has 1 atom stereocenters. The summed E-state index contributed by atoms with van der Waals surface area (Å²) >= 11 is 0. The molecule has 6 heteroatoms. The van der Waals surface area contributed by atoms with Gasteiger partial charge in [0, 0.05) is 19.3 Å². The van der Waals surface area contributed by atoms with E-state index in [0.29, 0.717) is 19.3 Å². The van der Waals surface area contributed by atoms with Crippen molar-refractivity contribution < 1.29 is 28.6 Å². The molecule has 284 valence electrons. The van der Waals surface area contributed by atoms with E-state index in [1.165, 1.54) is 116 Å². The Balaban J connectivity index is 4.19. The summed E-state index contributed by atoms with van der Waals surface area (Å²) in [5.74, 6) is -0.115. The lowest BCUT2D eigenvalue weighted by Gasteiger charge is -2.18. The van der Waals surface area contributed by atoms with Crippen LogP contribution in [0.5, 0.6) is 0 Å². The van der Waals surface area contributed by atoms with Crippen molar-refractivity contribution in [1.29, 1.82) is 0 Å². The largest absolute Gasteiger partial charge is 0.462 e. The highest BCUT2D eigenvalue weighted by Crippen LogP contribution is 2.15. The Morgan fingerprint density at radius 3 is 1.02 bits per heavy atom. The quantitative estimate of drug-likeness (QED) is 0.0369. The lowest BCUT2D eigenvalue weighted by molar-refractivity contribution is -0.167. The van der Waals surface area contributed by atoms with Crippen LogP contribution in [0.3, 0.4) is 0 Å². The maximum atomic E-state index is 12.6. The van der Waals surface area contributed by atoms with Crippen LogP contribution in [0.2, 0.25) is 0 Å². The van der Waals surface area contributed by atoms with Gasteiger partial charge < -0.3 is 14.2 Å². The van der Waals surface area contributed by atoms with Crippen molar-refractivity contribution in [3.05, 3.63) is 0 Å². The number of hydrogen-bond donors (Lipinski definition) is 0. The molecule has 0 spiro atoms. The third-order valence-electron chi connectivity index (χ3n) is 9.29. The molecular weight excluding hydrogens is 600 g/mol. The van der Waals surface area contributed by atoms with E-state index in [-0.39, 0.29) is 31.1 Å². The summed E-state index contributed by atoms with van der Waals surface area (Å²) in [4.78, 5) is 37.3. The third-order valence-corrected chi connectivity index (χ3v) is 9.29. The molecular formula is C42H80O6. The molecule has 0 aromatic carbocycles. The van der Waals surface area contributed by atoms with Crippen molar-refractivity contribution in [3.8, 4) is 0 Å². The highest BCUT2D eigenvalue weighted by atomic mass is 16.6. The summed E-state index contributed by atoms with van der Waals surface area (Å²) < 4.78 is 16.5. The van der Waals surface area contributed by atoms with Gasteiger partial charge in [-0.05, 0) is 25.2 Å². The summed E-state index contributed by atoms with van der Waals surface area (Å²) in [5.41, 5.74) is 0. The van der Waals surface area contributed by atoms with Crippen molar-refractivity contribution in [2.75, 3.05) is 13.2 Å². The van der Waals surface area contributed by atoms with Crippen LogP contribution in [-0.2, 0) is 28.6 Å². The molecule has 0 aliphatic heterocycles. The lowest BCUT2D eigenvalue weighted by Crippen LogP contribution is -2.30. The van der Waals surface area contributed by atoms with Crippen molar-refractivity contribution in [1.82, 2.24) is 0 Å². The SMILES string of the molecule is CCCCCCCCCCCCCCCCCCC(=O)O[C@@H](COC(=O)CCCCCCC)COC(=O)CCCCCCCCC(C)C. The zero-order valence-corrected chi connectivity index (χ0v) is 32.4. The third kappa shape index (κ3) is 35.7. The number of carbonyl (C=O) groups is 3. The minimum absolute atomic E-state index is 0.0670. The van der Waals surface area contributed by atoms with Crippen molar-refractivity contribution in [2.45, 2.75) is 233 Å². The van der Waals surface area contributed by atoms with E-state index in [1.54, 1.807) is 0 Å². The Hall–Kier alpha value is -1.59. The van der Waals surface area contributed by atoms with Crippen LogP contribution in [0, 0.1) is 5.92 Å². The van der Waals surface area contributed by atoms with Gasteiger partial charge >= 0.3 is 17.9 Å². The predicted molar refractivity (Wildman–Crippen MR) is 201 cm³/mol. The van der Waals surface area contributed by atoms with Crippen LogP contribution < -0.4 is 0 Å². The fourth-order valence-corrected chi connectivity index (χ4v) is 6.10. The van der Waals surface area contributed by atoms with Crippen LogP contribution in [0.15, 0.2) is 0 Å². The topological polar surface area (TPSA) is 78.9 Å². The predicted octanol–water partition coefficient (Wildman–Crippen LogP) is 12.8. The van der Waals surface area contributed by atoms with Crippen LogP contribution in [0.25, 0.3) is 0 Å². The molecule has 0 aliphatic carbocycles. The summed E-state index contributed by atoms with van der Waals surface area (Å²) in [6.45, 7) is 8.83. The average Bonchev–Trinajstić information content (AvgIpc) is 3.06. The van der Waals surface area contributed by atoms with Gasteiger partial charge in [0.2, 0.25) is 0 Å². The molecule has 0 aliphatic rings. The molecule has 48 heavy (non-hydrogen) atoms. The first kappa shape index (κ1) is 46.4. The van der Waals surface area contributed by atoms with Gasteiger partial charge in [-0.1, -0.05) is 188 Å². The van der Waals surface area contributed by atoms with Gasteiger partial charge in [0.1, 0.15) is 13.2 Å². The Morgan fingerprint density at radius 2 is 0.688 bits per heavy atom. The highest BCUT2D eigenvalue weighted by molar-refractivity contribution is 5.71. The van der Waals surface area contributed by atoms with Crippen LogP contribution in [-0.4, -0.2) is 37.2 Å². The summed E-state index contributed by atoms with van der Waals surface area (Å²) in [6.07, 6.45) is 34.2. The van der Waals surface area contributed by atoms with E-state index in [4.69, 9.17) is 14.2 Å². The number of esters is 3. The molecule has 0 fully saturated rings. The van der Waals surface area contributed by atoms with E-state index < -0.39 is 6.10 Å². The summed E-state index contributed by atoms with van der Waals surface area (Å²) in [5, 5.41) is 0. The molecule has 0 N–H and O–H groups in total. The number of rotatable bonds is 37. The molecule has 0 radical (unpaired) electrons. The van der Waals surface area contributed by atoms with Crippen LogP contribution >= 0.6 is 0 Å². The average molecular weight is 681 g/mol. The smallest absolute Gasteiger partial charge is 0.306 e. The van der Waals surface area contributed by atoms with E-state index in [2.05, 4.69) is 27.7 Å². The van der Waals surface area contributed by atoms with Crippen LogP contribution in [0.4, 0.5) is 0 Å². The molecule has 0 unspecified atom stereocenters. The number of unbranched alkanes of at least 4 members (excludes halogenated alkanes) is 24. The Morgan fingerprint density at radius 1 is 0.396 bits per heavy atom. The maximum absolute atomic E-state index is 12.6. The van der Waals surface area contributed by atoms with Gasteiger partial charge in [0.25, 0.3) is 0 Å². The minimum atomic E-state index is -0.757. The van der Waals surface area contributed by atoms with E-state index in [0.717, 1.165) is 70.1 Å². The minimum Gasteiger partial charge on any atom is -0.462 e. The van der Waals surface area contributed by atoms with Gasteiger partial charge in [-0.2, -0.15) is 0 Å². The second-order valence-corrected chi connectivity index (χ2v) is 14.7. The second kappa shape index (κ2) is 36.7. The molecule has 6 nitrogen and oxygen atoms in total. The summed E-state index contributed by atoms with van der Waals surface area (Å²) in [7, 11) is 0. The second-order valence-electron chi connectivity index (χ2n) is 14.7. The zero-order chi connectivity index (χ0) is 35.3. The normalized spacial score (nSPS) is 11.9. The molecule has 0 aromatic heterocycles. The molecule has 0 bridgehead atoms. The van der Waals surface area contributed by atoms with E-state index in [1.807, 2.05) is 0 Å². The van der Waals surface area contributed by atoms with Crippen molar-refractivity contribution in [2.24, 2.45) is 5.92 Å². The fourth-order valence-electron chi connectivity index (χ4n) is 6.10. The van der Waals surface area contributed by atoms with Gasteiger partial charge in [-0.3, -0.25) is 14.4 Å². The lowest BCUT2D eigenvalue weighted by atomic mass is 10.0. The number of ether oxygens (including phenoxy) is 3. The first-order valence-corrected chi connectivity index (χ1v) is 20.9. The van der Waals surface area contributed by atoms with Crippen molar-refractivity contribution in [3.63, 3.8) is 0 Å². The standard InChI is InChI=1S/C42H80O6/c1-5-7-9-11-12-13-14-15-16-17-18-19-20-21-27-31-35-42(45)48-39(36-46-40(43)33-29-24-10-8-6-2)37-47-41(44)34-30-26-23-22-25-28-32-38(3)4/h38-39H,5-37H2,1-4H3/t39-/m0/s1. The first-order valence-electron chi connectivity index (χ1n) is 20.9. The zero-order valence-electron chi connectivity index (χ0n) is 32.4. The van der Waals surface area contributed by atoms with Crippen LogP contribution in [0.1, 0.15) is 227 Å². The first-order chi connectivity index (χ1) is 23.4. The van der Waals surface area contributed by atoms with Gasteiger partial charge in [0.15, 0.2) is 6.10 Å². The van der Waals surface area contributed by atoms with E-state index >= 15 is 0 Å². The molecule has 0 heterocycles. The number of carbonyl (C=O) groups excluding carboxylic acids is 3.